The van der Waals surface area contributed by atoms with Crippen LogP contribution >= 0.6 is 0 Å². The largest absolute Gasteiger partial charge is 0.360 e. The normalized spacial score (nSPS) is 11.9. The summed E-state index contributed by atoms with van der Waals surface area (Å²) in [7, 11) is 0. The van der Waals surface area contributed by atoms with E-state index in [9.17, 15) is 9.59 Å². The first-order chi connectivity index (χ1) is 7.52. The molecule has 6 heteroatoms. The topological polar surface area (TPSA) is 84.2 Å². The van der Waals surface area contributed by atoms with Crippen LogP contribution in [0.2, 0.25) is 0 Å². The van der Waals surface area contributed by atoms with Crippen LogP contribution in [0.3, 0.4) is 0 Å². The van der Waals surface area contributed by atoms with Crippen LogP contribution in [0.15, 0.2) is 10.6 Å². The van der Waals surface area contributed by atoms with Crippen molar-refractivity contribution < 1.29 is 14.1 Å². The number of anilines is 1. The standard InChI is InChI=1S/C10H15N3O3/c1-4-9(14)11-7(3)10(15)12-8-5-6(2)16-13-8/h5,7H,4H2,1-3H3,(H,11,14)(H,12,13,15)/t7-/m0/s1. The summed E-state index contributed by atoms with van der Waals surface area (Å²) in [5.74, 6) is 0.467. The molecule has 1 heterocycles. The maximum atomic E-state index is 11.6. The summed E-state index contributed by atoms with van der Waals surface area (Å²) in [6.45, 7) is 5.06. The minimum Gasteiger partial charge on any atom is -0.360 e. The number of carbonyl (C=O) groups excluding carboxylic acids is 2. The molecule has 0 radical (unpaired) electrons. The van der Waals surface area contributed by atoms with Gasteiger partial charge in [0.05, 0.1) is 0 Å². The van der Waals surface area contributed by atoms with Crippen LogP contribution in [0.5, 0.6) is 0 Å². The molecule has 1 atom stereocenters. The minimum atomic E-state index is -0.593. The van der Waals surface area contributed by atoms with Crippen LogP contribution in [0.25, 0.3) is 0 Å². The second kappa shape index (κ2) is 5.29. The average molecular weight is 225 g/mol. The third kappa shape index (κ3) is 3.38. The predicted octanol–water partition coefficient (Wildman–Crippen LogP) is 0.836. The van der Waals surface area contributed by atoms with Gasteiger partial charge in [0.1, 0.15) is 11.8 Å². The molecule has 6 nitrogen and oxygen atoms in total. The molecule has 2 amide bonds. The highest BCUT2D eigenvalue weighted by atomic mass is 16.5. The van der Waals surface area contributed by atoms with Gasteiger partial charge in [-0.2, -0.15) is 0 Å². The van der Waals surface area contributed by atoms with Crippen LogP contribution in [-0.2, 0) is 9.59 Å². The zero-order valence-corrected chi connectivity index (χ0v) is 9.53. The Morgan fingerprint density at radius 3 is 2.75 bits per heavy atom. The third-order valence-electron chi connectivity index (χ3n) is 1.97. The van der Waals surface area contributed by atoms with Crippen molar-refractivity contribution in [3.8, 4) is 0 Å². The summed E-state index contributed by atoms with van der Waals surface area (Å²) >= 11 is 0. The predicted molar refractivity (Wildman–Crippen MR) is 57.8 cm³/mol. The van der Waals surface area contributed by atoms with E-state index < -0.39 is 6.04 Å². The van der Waals surface area contributed by atoms with Gasteiger partial charge in [0.15, 0.2) is 5.82 Å². The first kappa shape index (κ1) is 12.2. The van der Waals surface area contributed by atoms with E-state index in [0.29, 0.717) is 18.0 Å². The van der Waals surface area contributed by atoms with Gasteiger partial charge in [0.25, 0.3) is 0 Å². The van der Waals surface area contributed by atoms with Crippen molar-refractivity contribution in [3.05, 3.63) is 11.8 Å². The Bertz CT molecular complexity index is 386. The molecule has 16 heavy (non-hydrogen) atoms. The molecule has 0 aliphatic rings. The van der Waals surface area contributed by atoms with Gasteiger partial charge >= 0.3 is 0 Å². The van der Waals surface area contributed by atoms with Crippen LogP contribution in [0.1, 0.15) is 26.0 Å². The molecule has 1 aromatic rings. The smallest absolute Gasteiger partial charge is 0.247 e. The Morgan fingerprint density at radius 2 is 2.25 bits per heavy atom. The molecule has 0 saturated heterocycles. The summed E-state index contributed by atoms with van der Waals surface area (Å²) in [6, 6.07) is 1.01. The van der Waals surface area contributed by atoms with Gasteiger partial charge in [-0.15, -0.1) is 0 Å². The molecule has 0 spiro atoms. The van der Waals surface area contributed by atoms with Crippen molar-refractivity contribution in [1.82, 2.24) is 10.5 Å². The molecule has 0 aromatic carbocycles. The molecular formula is C10H15N3O3. The Hall–Kier alpha value is -1.85. The highest BCUT2D eigenvalue weighted by Gasteiger charge is 2.15. The molecule has 0 saturated carbocycles. The second-order valence-corrected chi connectivity index (χ2v) is 3.45. The summed E-state index contributed by atoms with van der Waals surface area (Å²) in [5, 5.41) is 8.70. The Balaban J connectivity index is 2.49. The van der Waals surface area contributed by atoms with Gasteiger partial charge in [-0.3, -0.25) is 9.59 Å². The molecule has 0 aliphatic carbocycles. The van der Waals surface area contributed by atoms with Gasteiger partial charge < -0.3 is 15.2 Å². The molecule has 1 aromatic heterocycles. The molecule has 0 unspecified atom stereocenters. The Kier molecular flexibility index (Phi) is 4.04. The fraction of sp³-hybridized carbons (Fsp3) is 0.500. The van der Waals surface area contributed by atoms with Crippen LogP contribution in [0.4, 0.5) is 5.82 Å². The Labute approximate surface area is 93.4 Å². The van der Waals surface area contributed by atoms with E-state index in [1.807, 2.05) is 0 Å². The van der Waals surface area contributed by atoms with E-state index in [1.54, 1.807) is 26.8 Å². The number of amides is 2. The van der Waals surface area contributed by atoms with E-state index in [1.165, 1.54) is 0 Å². The van der Waals surface area contributed by atoms with E-state index >= 15 is 0 Å². The molecule has 88 valence electrons. The highest BCUT2D eigenvalue weighted by Crippen LogP contribution is 2.07. The minimum absolute atomic E-state index is 0.168. The van der Waals surface area contributed by atoms with Gasteiger partial charge in [-0.05, 0) is 13.8 Å². The van der Waals surface area contributed by atoms with Gasteiger partial charge in [-0.25, -0.2) is 0 Å². The van der Waals surface area contributed by atoms with Gasteiger partial charge in [-0.1, -0.05) is 12.1 Å². The molecule has 0 aliphatic heterocycles. The van der Waals surface area contributed by atoms with Gasteiger partial charge in [0, 0.05) is 12.5 Å². The lowest BCUT2D eigenvalue weighted by atomic mass is 10.3. The monoisotopic (exact) mass is 225 g/mol. The SMILES string of the molecule is CCC(=O)N[C@@H](C)C(=O)Nc1cc(C)on1. The van der Waals surface area contributed by atoms with E-state index in [4.69, 9.17) is 4.52 Å². The molecule has 1 rings (SSSR count). The molecule has 0 fully saturated rings. The zero-order chi connectivity index (χ0) is 12.1. The lowest BCUT2D eigenvalue weighted by molar-refractivity contribution is -0.125. The number of nitrogens with zero attached hydrogens (tertiary/aromatic N) is 1. The van der Waals surface area contributed by atoms with Crippen molar-refractivity contribution in [2.24, 2.45) is 0 Å². The average Bonchev–Trinajstić information content (AvgIpc) is 2.63. The molecular weight excluding hydrogens is 210 g/mol. The summed E-state index contributed by atoms with van der Waals surface area (Å²) in [6.07, 6.45) is 0.348. The van der Waals surface area contributed by atoms with Gasteiger partial charge in [0.2, 0.25) is 11.8 Å². The first-order valence-electron chi connectivity index (χ1n) is 5.06. The number of carbonyl (C=O) groups is 2. The van der Waals surface area contributed by atoms with Crippen molar-refractivity contribution in [3.63, 3.8) is 0 Å². The quantitative estimate of drug-likeness (QED) is 0.795. The van der Waals surface area contributed by atoms with E-state index in [-0.39, 0.29) is 11.8 Å². The number of hydrogen-bond acceptors (Lipinski definition) is 4. The maximum Gasteiger partial charge on any atom is 0.247 e. The second-order valence-electron chi connectivity index (χ2n) is 3.45. The zero-order valence-electron chi connectivity index (χ0n) is 9.53. The number of hydrogen-bond donors (Lipinski definition) is 2. The third-order valence-corrected chi connectivity index (χ3v) is 1.97. The van der Waals surface area contributed by atoms with Crippen LogP contribution in [-0.4, -0.2) is 23.0 Å². The number of rotatable bonds is 4. The Morgan fingerprint density at radius 1 is 1.56 bits per heavy atom. The maximum absolute atomic E-state index is 11.6. The lowest BCUT2D eigenvalue weighted by Gasteiger charge is -2.11. The van der Waals surface area contributed by atoms with Crippen LogP contribution in [0, 0.1) is 6.92 Å². The number of nitrogens with one attached hydrogen (secondary N) is 2. The first-order valence-corrected chi connectivity index (χ1v) is 5.06. The van der Waals surface area contributed by atoms with Crippen molar-refractivity contribution >= 4 is 17.6 Å². The summed E-state index contributed by atoms with van der Waals surface area (Å²) < 4.78 is 4.80. The number of aryl methyl sites for hydroxylation is 1. The lowest BCUT2D eigenvalue weighted by Crippen LogP contribution is -2.41. The fourth-order valence-corrected chi connectivity index (χ4v) is 1.07. The van der Waals surface area contributed by atoms with E-state index in [2.05, 4.69) is 15.8 Å². The highest BCUT2D eigenvalue weighted by molar-refractivity contribution is 5.96. The summed E-state index contributed by atoms with van der Waals surface area (Å²) in [4.78, 5) is 22.6. The van der Waals surface area contributed by atoms with Crippen molar-refractivity contribution in [2.45, 2.75) is 33.2 Å². The summed E-state index contributed by atoms with van der Waals surface area (Å²) in [5.41, 5.74) is 0. The van der Waals surface area contributed by atoms with Crippen LogP contribution < -0.4 is 10.6 Å². The molecule has 2 N–H and O–H groups in total. The fourth-order valence-electron chi connectivity index (χ4n) is 1.07. The van der Waals surface area contributed by atoms with Crippen molar-refractivity contribution in [1.29, 1.82) is 0 Å². The van der Waals surface area contributed by atoms with Crippen molar-refractivity contribution in [2.75, 3.05) is 5.32 Å². The van der Waals surface area contributed by atoms with E-state index in [0.717, 1.165) is 0 Å². The molecule has 0 bridgehead atoms. The number of aromatic nitrogens is 1.